The Kier molecular flexibility index (Phi) is 2.54. The minimum absolute atomic E-state index is 0.222. The Morgan fingerprint density at radius 2 is 2.29 bits per heavy atom. The predicted molar refractivity (Wildman–Crippen MR) is 55.3 cm³/mol. The van der Waals surface area contributed by atoms with Crippen molar-refractivity contribution >= 4 is 11.7 Å². The summed E-state index contributed by atoms with van der Waals surface area (Å²) in [6.45, 7) is 4.68. The lowest BCUT2D eigenvalue weighted by Crippen LogP contribution is -2.54. The Balaban J connectivity index is 2.18. The maximum Gasteiger partial charge on any atom is 0.230 e. The molecule has 1 unspecified atom stereocenters. The zero-order valence-electron chi connectivity index (χ0n) is 8.86. The average Bonchev–Trinajstić information content (AvgIpc) is 2.16. The van der Waals surface area contributed by atoms with Crippen molar-refractivity contribution < 1.29 is 4.79 Å². The van der Waals surface area contributed by atoms with E-state index in [1.165, 1.54) is 0 Å². The Labute approximate surface area is 84.6 Å². The van der Waals surface area contributed by atoms with Gasteiger partial charge in [0.1, 0.15) is 5.84 Å². The van der Waals surface area contributed by atoms with E-state index in [2.05, 4.69) is 23.9 Å². The zero-order valence-corrected chi connectivity index (χ0v) is 8.86. The molecule has 0 aromatic rings. The summed E-state index contributed by atoms with van der Waals surface area (Å²) in [7, 11) is 2.07. The fraction of sp³-hybridized carbons (Fsp3) is 0.800. The first-order valence-corrected chi connectivity index (χ1v) is 5.26. The molecule has 4 heteroatoms. The molecule has 0 radical (unpaired) electrons. The number of carbonyl (C=O) groups excluding carboxylic acids is 1. The molecular weight excluding hydrogens is 178 g/mol. The monoisotopic (exact) mass is 195 g/mol. The molecule has 2 heterocycles. The summed E-state index contributed by atoms with van der Waals surface area (Å²) >= 11 is 0. The van der Waals surface area contributed by atoms with Crippen molar-refractivity contribution in [2.45, 2.75) is 25.8 Å². The van der Waals surface area contributed by atoms with E-state index in [9.17, 15) is 4.79 Å². The third-order valence-corrected chi connectivity index (χ3v) is 2.94. The number of piperazine rings is 1. The van der Waals surface area contributed by atoms with Crippen LogP contribution in [0.25, 0.3) is 0 Å². The summed E-state index contributed by atoms with van der Waals surface area (Å²) in [4.78, 5) is 20.4. The van der Waals surface area contributed by atoms with Gasteiger partial charge in [-0.25, -0.2) is 0 Å². The number of hydrogen-bond donors (Lipinski definition) is 0. The van der Waals surface area contributed by atoms with Crippen LogP contribution in [0.4, 0.5) is 0 Å². The van der Waals surface area contributed by atoms with E-state index < -0.39 is 0 Å². The molecule has 1 atom stereocenters. The van der Waals surface area contributed by atoms with Crippen LogP contribution in [0.1, 0.15) is 19.8 Å². The summed E-state index contributed by atoms with van der Waals surface area (Å²) in [5.74, 6) is 1.23. The highest BCUT2D eigenvalue weighted by Gasteiger charge is 2.30. The van der Waals surface area contributed by atoms with Crippen LogP contribution in [0.5, 0.6) is 0 Å². The second kappa shape index (κ2) is 3.69. The van der Waals surface area contributed by atoms with E-state index in [4.69, 9.17) is 0 Å². The van der Waals surface area contributed by atoms with Crippen LogP contribution in [0.2, 0.25) is 0 Å². The van der Waals surface area contributed by atoms with Crippen LogP contribution in [0.3, 0.4) is 0 Å². The van der Waals surface area contributed by atoms with Crippen molar-refractivity contribution in [2.24, 2.45) is 4.99 Å². The predicted octanol–water partition coefficient (Wildman–Crippen LogP) is 0.341. The van der Waals surface area contributed by atoms with Crippen LogP contribution < -0.4 is 0 Å². The number of hydrogen-bond acceptors (Lipinski definition) is 3. The number of carbonyl (C=O) groups is 1. The number of fused-ring (bicyclic) bond motifs is 1. The molecular formula is C10H17N3O. The number of amides is 1. The first-order valence-electron chi connectivity index (χ1n) is 5.26. The lowest BCUT2D eigenvalue weighted by Gasteiger charge is -2.37. The molecule has 4 nitrogen and oxygen atoms in total. The van der Waals surface area contributed by atoms with E-state index in [0.717, 1.165) is 31.9 Å². The summed E-state index contributed by atoms with van der Waals surface area (Å²) in [5.41, 5.74) is 0. The minimum atomic E-state index is 0.222. The molecule has 0 aromatic heterocycles. The van der Waals surface area contributed by atoms with Crippen molar-refractivity contribution in [1.29, 1.82) is 0 Å². The van der Waals surface area contributed by atoms with Gasteiger partial charge >= 0.3 is 0 Å². The van der Waals surface area contributed by atoms with Gasteiger partial charge in [0, 0.05) is 19.5 Å². The average molecular weight is 195 g/mol. The lowest BCUT2D eigenvalue weighted by molar-refractivity contribution is -0.129. The number of rotatable bonds is 1. The molecule has 0 N–H and O–H groups in total. The Hall–Kier alpha value is -0.900. The SMILES string of the molecule is CCC1CC(=O)N2CCN(C)CC2=N1. The second-order valence-electron chi connectivity index (χ2n) is 4.09. The van der Waals surface area contributed by atoms with Gasteiger partial charge in [-0.15, -0.1) is 0 Å². The maximum absolute atomic E-state index is 11.7. The van der Waals surface area contributed by atoms with Crippen LogP contribution in [-0.4, -0.2) is 54.3 Å². The van der Waals surface area contributed by atoms with Crippen molar-refractivity contribution in [3.63, 3.8) is 0 Å². The standard InChI is InChI=1S/C10H17N3O/c1-3-8-6-10(14)13-5-4-12(2)7-9(13)11-8/h8H,3-7H2,1-2H3. The third kappa shape index (κ3) is 1.66. The van der Waals surface area contributed by atoms with Gasteiger partial charge in [0.05, 0.1) is 12.6 Å². The normalized spacial score (nSPS) is 28.7. The van der Waals surface area contributed by atoms with E-state index in [0.29, 0.717) is 6.42 Å². The highest BCUT2D eigenvalue weighted by Crippen LogP contribution is 2.16. The molecule has 78 valence electrons. The van der Waals surface area contributed by atoms with E-state index in [-0.39, 0.29) is 11.9 Å². The molecule has 14 heavy (non-hydrogen) atoms. The van der Waals surface area contributed by atoms with Crippen LogP contribution in [0.15, 0.2) is 4.99 Å². The van der Waals surface area contributed by atoms with Gasteiger partial charge in [-0.3, -0.25) is 19.6 Å². The van der Waals surface area contributed by atoms with Crippen molar-refractivity contribution in [1.82, 2.24) is 9.80 Å². The highest BCUT2D eigenvalue weighted by atomic mass is 16.2. The van der Waals surface area contributed by atoms with Crippen molar-refractivity contribution in [2.75, 3.05) is 26.7 Å². The van der Waals surface area contributed by atoms with Crippen LogP contribution >= 0.6 is 0 Å². The molecule has 0 bridgehead atoms. The smallest absolute Gasteiger partial charge is 0.230 e. The first kappa shape index (κ1) is 9.65. The Bertz CT molecular complexity index is 275. The number of aliphatic imine (C=N–C) groups is 1. The van der Waals surface area contributed by atoms with E-state index >= 15 is 0 Å². The van der Waals surface area contributed by atoms with E-state index in [1.807, 2.05) is 4.90 Å². The lowest BCUT2D eigenvalue weighted by atomic mass is 10.1. The van der Waals surface area contributed by atoms with Gasteiger partial charge in [0.15, 0.2) is 0 Å². The number of likely N-dealkylation sites (N-methyl/N-ethyl adjacent to an activating group) is 1. The van der Waals surface area contributed by atoms with Gasteiger partial charge in [0.25, 0.3) is 0 Å². The first-order chi connectivity index (χ1) is 6.70. The molecule has 0 saturated carbocycles. The van der Waals surface area contributed by atoms with Crippen LogP contribution in [0, 0.1) is 0 Å². The quantitative estimate of drug-likeness (QED) is 0.605. The summed E-state index contributed by atoms with van der Waals surface area (Å²) in [6, 6.07) is 0.222. The molecule has 0 aliphatic carbocycles. The molecule has 1 saturated heterocycles. The van der Waals surface area contributed by atoms with Crippen LogP contribution in [-0.2, 0) is 4.79 Å². The van der Waals surface area contributed by atoms with Gasteiger partial charge < -0.3 is 0 Å². The van der Waals surface area contributed by atoms with Crippen molar-refractivity contribution in [3.8, 4) is 0 Å². The highest BCUT2D eigenvalue weighted by molar-refractivity contribution is 6.01. The van der Waals surface area contributed by atoms with Gasteiger partial charge in [0.2, 0.25) is 5.91 Å². The van der Waals surface area contributed by atoms with Gasteiger partial charge in [-0.2, -0.15) is 0 Å². The molecule has 0 aromatic carbocycles. The topological polar surface area (TPSA) is 35.9 Å². The molecule has 1 amide bonds. The molecule has 2 aliphatic heterocycles. The largest absolute Gasteiger partial charge is 0.298 e. The molecule has 2 aliphatic rings. The summed E-state index contributed by atoms with van der Waals surface area (Å²) in [5, 5.41) is 0. The fourth-order valence-electron chi connectivity index (χ4n) is 1.99. The minimum Gasteiger partial charge on any atom is -0.298 e. The second-order valence-corrected chi connectivity index (χ2v) is 4.09. The maximum atomic E-state index is 11.7. The van der Waals surface area contributed by atoms with Crippen molar-refractivity contribution in [3.05, 3.63) is 0 Å². The fourth-order valence-corrected chi connectivity index (χ4v) is 1.99. The Morgan fingerprint density at radius 3 is 3.00 bits per heavy atom. The summed E-state index contributed by atoms with van der Waals surface area (Å²) < 4.78 is 0. The molecule has 0 spiro atoms. The molecule has 2 rings (SSSR count). The van der Waals surface area contributed by atoms with E-state index in [1.54, 1.807) is 0 Å². The summed E-state index contributed by atoms with van der Waals surface area (Å²) in [6.07, 6.45) is 1.57. The third-order valence-electron chi connectivity index (χ3n) is 2.94. The molecule has 1 fully saturated rings. The Morgan fingerprint density at radius 1 is 1.50 bits per heavy atom. The number of nitrogens with zero attached hydrogens (tertiary/aromatic N) is 3. The van der Waals surface area contributed by atoms with Gasteiger partial charge in [-0.1, -0.05) is 6.92 Å². The van der Waals surface area contributed by atoms with Gasteiger partial charge in [-0.05, 0) is 13.5 Å². The zero-order chi connectivity index (χ0) is 10.1. The number of amidine groups is 1.